The molecule has 0 saturated carbocycles. The molecule has 2 aromatic rings. The zero-order valence-electron chi connectivity index (χ0n) is 10.4. The summed E-state index contributed by atoms with van der Waals surface area (Å²) in [6, 6.07) is 12.9. The lowest BCUT2D eigenvalue weighted by Crippen LogP contribution is -2.19. The first-order chi connectivity index (χ1) is 9.90. The Bertz CT molecular complexity index is 780. The Labute approximate surface area is 141 Å². The summed E-state index contributed by atoms with van der Waals surface area (Å²) in [6.07, 6.45) is 0. The van der Waals surface area contributed by atoms with Crippen LogP contribution in [0.3, 0.4) is 0 Å². The number of benzene rings is 2. The lowest BCUT2D eigenvalue weighted by molar-refractivity contribution is 0.584. The Hall–Kier alpha value is -1.08. The molecule has 2 rings (SSSR count). The van der Waals surface area contributed by atoms with Crippen LogP contribution in [-0.2, 0) is 10.0 Å². The second-order valence-corrected chi connectivity index (χ2v) is 7.28. The van der Waals surface area contributed by atoms with Gasteiger partial charge < -0.3 is 0 Å². The van der Waals surface area contributed by atoms with Crippen molar-refractivity contribution in [2.75, 3.05) is 0 Å². The lowest BCUT2D eigenvalue weighted by atomic mass is 10.2. The minimum Gasteiger partial charge on any atom is -0.200 e. The predicted octanol–water partition coefficient (Wildman–Crippen LogP) is 3.98. The highest BCUT2D eigenvalue weighted by Gasteiger charge is 2.13. The van der Waals surface area contributed by atoms with E-state index in [0.29, 0.717) is 10.6 Å². The molecular weight excluding hydrogens is 399 g/mol. The SMILES string of the molecule is O=S(=O)(NN=C(Cl)c1cc(Br)ccc1Cl)c1ccccc1. The van der Waals surface area contributed by atoms with Gasteiger partial charge in [0.15, 0.2) is 5.17 Å². The van der Waals surface area contributed by atoms with Gasteiger partial charge in [-0.05, 0) is 30.3 Å². The number of halogens is 3. The molecule has 110 valence electrons. The smallest absolute Gasteiger partial charge is 0.200 e. The van der Waals surface area contributed by atoms with E-state index in [1.807, 2.05) is 0 Å². The topological polar surface area (TPSA) is 58.5 Å². The normalized spacial score (nSPS) is 12.2. The third-order valence-corrected chi connectivity index (χ3v) is 4.80. The van der Waals surface area contributed by atoms with E-state index < -0.39 is 10.0 Å². The van der Waals surface area contributed by atoms with Crippen LogP contribution in [0.15, 0.2) is 63.0 Å². The van der Waals surface area contributed by atoms with E-state index in [-0.39, 0.29) is 10.1 Å². The highest BCUT2D eigenvalue weighted by atomic mass is 79.9. The van der Waals surface area contributed by atoms with E-state index in [9.17, 15) is 8.42 Å². The standard InChI is InChI=1S/C13H9BrCl2N2O2S/c14-9-6-7-12(15)11(8-9)13(16)17-18-21(19,20)10-4-2-1-3-5-10/h1-8,18H. The van der Waals surface area contributed by atoms with Crippen LogP contribution >= 0.6 is 39.1 Å². The molecule has 0 spiro atoms. The average Bonchev–Trinajstić information content (AvgIpc) is 2.48. The summed E-state index contributed by atoms with van der Waals surface area (Å²) in [7, 11) is -3.76. The van der Waals surface area contributed by atoms with Crippen LogP contribution in [0.2, 0.25) is 5.02 Å². The van der Waals surface area contributed by atoms with Crippen LogP contribution < -0.4 is 4.83 Å². The molecule has 0 aliphatic carbocycles. The van der Waals surface area contributed by atoms with Crippen LogP contribution in [0, 0.1) is 0 Å². The van der Waals surface area contributed by atoms with Gasteiger partial charge in [0.1, 0.15) is 0 Å². The molecule has 0 aliphatic rings. The zero-order valence-corrected chi connectivity index (χ0v) is 14.3. The summed E-state index contributed by atoms with van der Waals surface area (Å²) in [6.45, 7) is 0. The molecule has 0 heterocycles. The predicted molar refractivity (Wildman–Crippen MR) is 88.3 cm³/mol. The van der Waals surface area contributed by atoms with Gasteiger partial charge in [-0.15, -0.1) is 0 Å². The first kappa shape index (κ1) is 16.3. The van der Waals surface area contributed by atoms with E-state index in [1.54, 1.807) is 36.4 Å². The van der Waals surface area contributed by atoms with Crippen LogP contribution in [0.4, 0.5) is 0 Å². The molecule has 0 fully saturated rings. The first-order valence-electron chi connectivity index (χ1n) is 5.65. The summed E-state index contributed by atoms with van der Waals surface area (Å²) in [5, 5.41) is 3.99. The van der Waals surface area contributed by atoms with Gasteiger partial charge in [-0.3, -0.25) is 0 Å². The van der Waals surface area contributed by atoms with Gasteiger partial charge in [0.05, 0.1) is 9.92 Å². The quantitative estimate of drug-likeness (QED) is 0.615. The Morgan fingerprint density at radius 2 is 1.81 bits per heavy atom. The van der Waals surface area contributed by atoms with E-state index in [2.05, 4.69) is 25.9 Å². The number of hydrogen-bond acceptors (Lipinski definition) is 3. The van der Waals surface area contributed by atoms with Crippen molar-refractivity contribution in [3.63, 3.8) is 0 Å². The Kier molecular flexibility index (Phi) is 5.27. The molecule has 0 aromatic heterocycles. The van der Waals surface area contributed by atoms with Crippen LogP contribution in [0.1, 0.15) is 5.56 Å². The molecule has 0 bridgehead atoms. The maximum atomic E-state index is 12.0. The van der Waals surface area contributed by atoms with Crippen LogP contribution in [-0.4, -0.2) is 13.6 Å². The molecule has 0 aliphatic heterocycles. The molecule has 2 aromatic carbocycles. The highest BCUT2D eigenvalue weighted by molar-refractivity contribution is 9.10. The van der Waals surface area contributed by atoms with Crippen molar-refractivity contribution in [2.24, 2.45) is 5.10 Å². The van der Waals surface area contributed by atoms with E-state index in [4.69, 9.17) is 23.2 Å². The third kappa shape index (κ3) is 4.20. The van der Waals surface area contributed by atoms with Crippen molar-refractivity contribution < 1.29 is 8.42 Å². The van der Waals surface area contributed by atoms with Gasteiger partial charge in [0, 0.05) is 10.0 Å². The van der Waals surface area contributed by atoms with Crippen LogP contribution in [0.25, 0.3) is 0 Å². The fourth-order valence-electron chi connectivity index (χ4n) is 1.47. The van der Waals surface area contributed by atoms with Crippen molar-refractivity contribution in [1.82, 2.24) is 4.83 Å². The number of nitrogens with zero attached hydrogens (tertiary/aromatic N) is 1. The molecule has 0 atom stereocenters. The molecule has 8 heteroatoms. The number of hydrazone groups is 1. The maximum absolute atomic E-state index is 12.0. The first-order valence-corrected chi connectivity index (χ1v) is 8.69. The average molecular weight is 408 g/mol. The van der Waals surface area contributed by atoms with E-state index in [0.717, 1.165) is 4.47 Å². The second-order valence-electron chi connectivity index (χ2n) is 3.93. The summed E-state index contributed by atoms with van der Waals surface area (Å²) < 4.78 is 24.8. The minimum atomic E-state index is -3.76. The van der Waals surface area contributed by atoms with Gasteiger partial charge in [-0.25, -0.2) is 0 Å². The van der Waals surface area contributed by atoms with Gasteiger partial charge >= 0.3 is 0 Å². The van der Waals surface area contributed by atoms with Crippen molar-refractivity contribution in [2.45, 2.75) is 4.90 Å². The molecule has 1 N–H and O–H groups in total. The van der Waals surface area contributed by atoms with E-state index in [1.165, 1.54) is 12.1 Å². The fourth-order valence-corrected chi connectivity index (χ4v) is 3.17. The third-order valence-electron chi connectivity index (χ3n) is 2.47. The molecule has 0 amide bonds. The highest BCUT2D eigenvalue weighted by Crippen LogP contribution is 2.23. The van der Waals surface area contributed by atoms with Gasteiger partial charge in [0.2, 0.25) is 0 Å². The second kappa shape index (κ2) is 6.79. The van der Waals surface area contributed by atoms with Crippen molar-refractivity contribution in [1.29, 1.82) is 0 Å². The summed E-state index contributed by atoms with van der Waals surface area (Å²) in [4.78, 5) is 2.17. The van der Waals surface area contributed by atoms with Crippen molar-refractivity contribution >= 4 is 54.3 Å². The Morgan fingerprint density at radius 1 is 1.14 bits per heavy atom. The lowest BCUT2D eigenvalue weighted by Gasteiger charge is -2.05. The largest absolute Gasteiger partial charge is 0.276 e. The Morgan fingerprint density at radius 3 is 2.48 bits per heavy atom. The molecule has 4 nitrogen and oxygen atoms in total. The monoisotopic (exact) mass is 406 g/mol. The summed E-state index contributed by atoms with van der Waals surface area (Å²) >= 11 is 15.3. The van der Waals surface area contributed by atoms with E-state index >= 15 is 0 Å². The number of rotatable bonds is 4. The minimum absolute atomic E-state index is 0.0548. The molecule has 21 heavy (non-hydrogen) atoms. The van der Waals surface area contributed by atoms with Gasteiger partial charge in [-0.1, -0.05) is 57.3 Å². The number of nitrogens with one attached hydrogen (secondary N) is 1. The number of hydrogen-bond donors (Lipinski definition) is 1. The fraction of sp³-hybridized carbons (Fsp3) is 0. The molecule has 0 unspecified atom stereocenters. The van der Waals surface area contributed by atoms with Gasteiger partial charge in [-0.2, -0.15) is 18.4 Å². The van der Waals surface area contributed by atoms with Gasteiger partial charge in [0.25, 0.3) is 10.0 Å². The van der Waals surface area contributed by atoms with Crippen LogP contribution in [0.5, 0.6) is 0 Å². The Balaban J connectivity index is 2.27. The number of sulfonamides is 1. The summed E-state index contributed by atoms with van der Waals surface area (Å²) in [5.41, 5.74) is 0.420. The summed E-state index contributed by atoms with van der Waals surface area (Å²) in [5.74, 6) is 0. The molecule has 0 radical (unpaired) electrons. The molecular formula is C13H9BrCl2N2O2S. The zero-order chi connectivity index (χ0) is 15.5. The van der Waals surface area contributed by atoms with Crippen molar-refractivity contribution in [3.8, 4) is 0 Å². The van der Waals surface area contributed by atoms with Crippen molar-refractivity contribution in [3.05, 3.63) is 63.6 Å². The molecule has 0 saturated heterocycles. The maximum Gasteiger partial charge on any atom is 0.276 e.